The number of phenols is 1. The maximum atomic E-state index is 11.0. The second kappa shape index (κ2) is 13.3. The van der Waals surface area contributed by atoms with Gasteiger partial charge in [0.1, 0.15) is 5.75 Å². The van der Waals surface area contributed by atoms with Gasteiger partial charge in [0.25, 0.3) is 0 Å². The average molecular weight is 403 g/mol. The molecule has 0 aliphatic rings. The van der Waals surface area contributed by atoms with E-state index in [-0.39, 0.29) is 5.41 Å². The van der Waals surface area contributed by atoms with Crippen molar-refractivity contribution in [3.8, 4) is 5.75 Å². The number of benzene rings is 1. The fraction of sp³-hybridized carbons (Fsp3) is 0.786. The summed E-state index contributed by atoms with van der Waals surface area (Å²) >= 11 is 0. The molecule has 1 heteroatoms. The highest BCUT2D eigenvalue weighted by Gasteiger charge is 2.22. The van der Waals surface area contributed by atoms with Crippen LogP contribution in [0.1, 0.15) is 154 Å². The highest BCUT2D eigenvalue weighted by atomic mass is 16.3. The molecule has 29 heavy (non-hydrogen) atoms. The number of aromatic hydroxyl groups is 1. The van der Waals surface area contributed by atoms with Gasteiger partial charge in [-0.25, -0.2) is 0 Å². The summed E-state index contributed by atoms with van der Waals surface area (Å²) in [6.45, 7) is 15.9. The van der Waals surface area contributed by atoms with Crippen LogP contribution in [0.3, 0.4) is 0 Å². The highest BCUT2D eigenvalue weighted by Crippen LogP contribution is 2.40. The molecular weight excluding hydrogens is 352 g/mol. The van der Waals surface area contributed by atoms with Gasteiger partial charge in [-0.05, 0) is 46.8 Å². The molecule has 0 bridgehead atoms. The molecule has 168 valence electrons. The van der Waals surface area contributed by atoms with Crippen molar-refractivity contribution in [1.82, 2.24) is 0 Å². The first kappa shape index (κ1) is 26.1. The molecule has 1 aromatic carbocycles. The van der Waals surface area contributed by atoms with Gasteiger partial charge in [0.15, 0.2) is 0 Å². The number of phenolic OH excluding ortho intramolecular Hbond substituents is 1. The molecule has 1 nitrogen and oxygen atoms in total. The van der Waals surface area contributed by atoms with E-state index in [1.807, 2.05) is 0 Å². The Morgan fingerprint density at radius 2 is 1.17 bits per heavy atom. The third-order valence-electron chi connectivity index (χ3n) is 6.70. The molecule has 0 aliphatic carbocycles. The molecule has 0 spiro atoms. The monoisotopic (exact) mass is 402 g/mol. The minimum Gasteiger partial charge on any atom is -0.507 e. The van der Waals surface area contributed by atoms with Crippen LogP contribution < -0.4 is 0 Å². The van der Waals surface area contributed by atoms with E-state index >= 15 is 0 Å². The lowest BCUT2D eigenvalue weighted by Gasteiger charge is -2.26. The van der Waals surface area contributed by atoms with Gasteiger partial charge in [0.05, 0.1) is 0 Å². The van der Waals surface area contributed by atoms with Crippen LogP contribution in [-0.2, 0) is 5.41 Å². The van der Waals surface area contributed by atoms with Crippen LogP contribution in [0.25, 0.3) is 0 Å². The Hall–Kier alpha value is -0.980. The number of rotatable bonds is 14. The van der Waals surface area contributed by atoms with Crippen molar-refractivity contribution >= 4 is 0 Å². The first-order valence-electron chi connectivity index (χ1n) is 12.6. The Morgan fingerprint density at radius 3 is 1.62 bits per heavy atom. The molecule has 0 heterocycles. The highest BCUT2D eigenvalue weighted by molar-refractivity contribution is 5.48. The van der Waals surface area contributed by atoms with Gasteiger partial charge in [-0.2, -0.15) is 0 Å². The van der Waals surface area contributed by atoms with Crippen LogP contribution in [0.4, 0.5) is 0 Å². The first-order chi connectivity index (χ1) is 13.7. The predicted molar refractivity (Wildman–Crippen MR) is 130 cm³/mol. The van der Waals surface area contributed by atoms with E-state index in [0.717, 1.165) is 12.0 Å². The molecule has 1 aromatic rings. The molecule has 2 atom stereocenters. The van der Waals surface area contributed by atoms with Crippen LogP contribution in [0.15, 0.2) is 12.1 Å². The molecule has 0 fully saturated rings. The van der Waals surface area contributed by atoms with Gasteiger partial charge in [-0.3, -0.25) is 0 Å². The second-order valence-electron chi connectivity index (χ2n) is 10.4. The summed E-state index contributed by atoms with van der Waals surface area (Å²) in [5, 5.41) is 11.0. The molecule has 0 amide bonds. The van der Waals surface area contributed by atoms with Crippen LogP contribution in [-0.4, -0.2) is 5.11 Å². The molecular formula is C28H50O. The second-order valence-corrected chi connectivity index (χ2v) is 10.4. The van der Waals surface area contributed by atoms with Gasteiger partial charge in [0, 0.05) is 0 Å². The summed E-state index contributed by atoms with van der Waals surface area (Å²) < 4.78 is 0. The zero-order valence-electron chi connectivity index (χ0n) is 20.7. The number of hydrogen-bond donors (Lipinski definition) is 1. The maximum Gasteiger partial charge on any atom is 0.122 e. The summed E-state index contributed by atoms with van der Waals surface area (Å²) in [6, 6.07) is 4.53. The first-order valence-corrected chi connectivity index (χ1v) is 12.6. The average Bonchev–Trinajstić information content (AvgIpc) is 2.67. The van der Waals surface area contributed by atoms with E-state index in [9.17, 15) is 5.11 Å². The Bertz CT molecular complexity index is 566. The largest absolute Gasteiger partial charge is 0.507 e. The third-order valence-corrected chi connectivity index (χ3v) is 6.70. The Balaban J connectivity index is 2.57. The molecule has 0 radical (unpaired) electrons. The lowest BCUT2D eigenvalue weighted by atomic mass is 9.80. The van der Waals surface area contributed by atoms with Crippen molar-refractivity contribution < 1.29 is 5.11 Å². The SMILES string of the molecule is CCCCCCCCCCCCC(C)c1cc(C(C)(C)C)cc(C(C)CC)c1O. The fourth-order valence-corrected chi connectivity index (χ4v) is 4.18. The molecule has 0 aliphatic heterocycles. The van der Waals surface area contributed by atoms with Crippen molar-refractivity contribution in [2.45, 2.75) is 143 Å². The molecule has 1 rings (SSSR count). The summed E-state index contributed by atoms with van der Waals surface area (Å²) in [5.74, 6) is 1.39. The van der Waals surface area contributed by atoms with Gasteiger partial charge < -0.3 is 5.11 Å². The quantitative estimate of drug-likeness (QED) is 0.307. The van der Waals surface area contributed by atoms with E-state index < -0.39 is 0 Å². The van der Waals surface area contributed by atoms with Gasteiger partial charge in [-0.15, -0.1) is 0 Å². The van der Waals surface area contributed by atoms with Gasteiger partial charge >= 0.3 is 0 Å². The third kappa shape index (κ3) is 9.14. The van der Waals surface area contributed by atoms with Crippen LogP contribution >= 0.6 is 0 Å². The summed E-state index contributed by atoms with van der Waals surface area (Å²) in [5.41, 5.74) is 3.78. The van der Waals surface area contributed by atoms with Crippen LogP contribution in [0.2, 0.25) is 0 Å². The molecule has 1 N–H and O–H groups in total. The Labute approximate surface area is 182 Å². The van der Waals surface area contributed by atoms with Gasteiger partial charge in [0.2, 0.25) is 0 Å². The molecule has 0 saturated heterocycles. The van der Waals surface area contributed by atoms with Gasteiger partial charge in [-0.1, -0.05) is 125 Å². The molecule has 2 unspecified atom stereocenters. The summed E-state index contributed by atoms with van der Waals surface area (Å²) in [7, 11) is 0. The normalized spacial score (nSPS) is 14.2. The van der Waals surface area contributed by atoms with E-state index in [1.165, 1.54) is 81.8 Å². The lowest BCUT2D eigenvalue weighted by molar-refractivity contribution is 0.442. The standard InChI is InChI=1S/C28H50O/c1-8-10-11-12-13-14-15-16-17-18-19-23(4)26-21-24(28(5,6)7)20-25(27(26)29)22(3)9-2/h20-23,29H,8-19H2,1-7H3. The fourth-order valence-electron chi connectivity index (χ4n) is 4.18. The zero-order valence-corrected chi connectivity index (χ0v) is 20.7. The Morgan fingerprint density at radius 1 is 0.724 bits per heavy atom. The minimum absolute atomic E-state index is 0.113. The van der Waals surface area contributed by atoms with E-state index in [4.69, 9.17) is 0 Å². The van der Waals surface area contributed by atoms with E-state index in [1.54, 1.807) is 0 Å². The smallest absolute Gasteiger partial charge is 0.122 e. The van der Waals surface area contributed by atoms with Crippen LogP contribution in [0, 0.1) is 0 Å². The van der Waals surface area contributed by atoms with E-state index in [2.05, 4.69) is 60.6 Å². The van der Waals surface area contributed by atoms with Crippen LogP contribution in [0.5, 0.6) is 5.75 Å². The zero-order chi connectivity index (χ0) is 21.9. The minimum atomic E-state index is 0.113. The van der Waals surface area contributed by atoms with E-state index in [0.29, 0.717) is 17.6 Å². The van der Waals surface area contributed by atoms with Crippen molar-refractivity contribution in [3.05, 3.63) is 28.8 Å². The molecule has 0 aromatic heterocycles. The van der Waals surface area contributed by atoms with Crippen molar-refractivity contribution in [2.24, 2.45) is 0 Å². The number of hydrogen-bond acceptors (Lipinski definition) is 1. The van der Waals surface area contributed by atoms with Crippen molar-refractivity contribution in [3.63, 3.8) is 0 Å². The van der Waals surface area contributed by atoms with Crippen molar-refractivity contribution in [2.75, 3.05) is 0 Å². The maximum absolute atomic E-state index is 11.0. The molecule has 0 saturated carbocycles. The number of unbranched alkanes of at least 4 members (excludes halogenated alkanes) is 9. The topological polar surface area (TPSA) is 20.2 Å². The summed E-state index contributed by atoms with van der Waals surface area (Å²) in [6.07, 6.45) is 16.0. The summed E-state index contributed by atoms with van der Waals surface area (Å²) in [4.78, 5) is 0. The Kier molecular flexibility index (Phi) is 12.0. The lowest BCUT2D eigenvalue weighted by Crippen LogP contribution is -2.13. The predicted octanol–water partition coefficient (Wildman–Crippen LogP) is 9.62. The van der Waals surface area contributed by atoms with Crippen molar-refractivity contribution in [1.29, 1.82) is 0 Å².